The highest BCUT2D eigenvalue weighted by Crippen LogP contribution is 2.26. The summed E-state index contributed by atoms with van der Waals surface area (Å²) in [5.41, 5.74) is 2.20. The van der Waals surface area contributed by atoms with E-state index in [0.717, 1.165) is 5.56 Å². The minimum atomic E-state index is -0.342. The molecule has 3 rings (SSSR count). The summed E-state index contributed by atoms with van der Waals surface area (Å²) >= 11 is 4.85. The molecule has 0 fully saturated rings. The fourth-order valence-electron chi connectivity index (χ4n) is 2.00. The fourth-order valence-corrected chi connectivity index (χ4v) is 2.14. The molecule has 6 heteroatoms. The van der Waals surface area contributed by atoms with E-state index in [0.29, 0.717) is 11.3 Å². The quantitative estimate of drug-likeness (QED) is 0.576. The Balaban J connectivity index is 2.05. The second-order valence-electron chi connectivity index (χ2n) is 4.54. The van der Waals surface area contributed by atoms with Crippen LogP contribution in [0.25, 0.3) is 11.3 Å². The van der Waals surface area contributed by atoms with Crippen molar-refractivity contribution in [1.29, 1.82) is 0 Å². The summed E-state index contributed by atoms with van der Waals surface area (Å²) in [6, 6.07) is 17.1. The van der Waals surface area contributed by atoms with E-state index in [4.69, 9.17) is 12.2 Å². The molecular formula is C16H12N4OS. The third-order valence-electron chi connectivity index (χ3n) is 3.02. The Morgan fingerprint density at radius 1 is 1.05 bits per heavy atom. The Hall–Kier alpha value is -2.86. The second kappa shape index (κ2) is 6.28. The Labute approximate surface area is 131 Å². The highest BCUT2D eigenvalue weighted by Gasteiger charge is 2.09. The summed E-state index contributed by atoms with van der Waals surface area (Å²) < 4.78 is 0.194. The number of hydrogen-bond acceptors (Lipinski definition) is 4. The maximum absolute atomic E-state index is 12.0. The van der Waals surface area contributed by atoms with Crippen molar-refractivity contribution in [3.8, 4) is 11.3 Å². The molecule has 0 saturated heterocycles. The number of rotatable bonds is 3. The van der Waals surface area contributed by atoms with Gasteiger partial charge >= 0.3 is 0 Å². The van der Waals surface area contributed by atoms with Gasteiger partial charge in [-0.2, -0.15) is 5.10 Å². The molecule has 0 aliphatic heterocycles. The monoisotopic (exact) mass is 308 g/mol. The van der Waals surface area contributed by atoms with Crippen molar-refractivity contribution in [2.75, 3.05) is 0 Å². The molecular weight excluding hydrogens is 296 g/mol. The van der Waals surface area contributed by atoms with Crippen LogP contribution in [-0.4, -0.2) is 21.4 Å². The molecule has 108 valence electrons. The van der Waals surface area contributed by atoms with E-state index in [2.05, 4.69) is 20.2 Å². The van der Waals surface area contributed by atoms with Crippen molar-refractivity contribution in [2.24, 2.45) is 4.99 Å². The van der Waals surface area contributed by atoms with Crippen LogP contribution >= 0.6 is 12.2 Å². The minimum absolute atomic E-state index is 0.194. The molecule has 22 heavy (non-hydrogen) atoms. The number of benzene rings is 2. The third kappa shape index (κ3) is 3.07. The highest BCUT2D eigenvalue weighted by atomic mass is 32.1. The molecule has 1 aromatic heterocycles. The number of para-hydroxylation sites is 1. The topological polar surface area (TPSA) is 73.9 Å². The van der Waals surface area contributed by atoms with Gasteiger partial charge in [0.2, 0.25) is 0 Å². The average Bonchev–Trinajstić information content (AvgIpc) is 2.54. The molecule has 0 aliphatic carbocycles. The van der Waals surface area contributed by atoms with E-state index >= 15 is 0 Å². The van der Waals surface area contributed by atoms with Gasteiger partial charge in [0.15, 0.2) is 10.5 Å². The number of H-pyrrole nitrogens is 2. The lowest BCUT2D eigenvalue weighted by atomic mass is 10.1. The number of nitrogens with one attached hydrogen (secondary N) is 2. The van der Waals surface area contributed by atoms with E-state index in [-0.39, 0.29) is 16.0 Å². The van der Waals surface area contributed by atoms with Gasteiger partial charge in [-0.25, -0.2) is 0 Å². The Bertz CT molecular complexity index is 928. The van der Waals surface area contributed by atoms with Gasteiger partial charge in [-0.05, 0) is 23.8 Å². The van der Waals surface area contributed by atoms with Crippen LogP contribution in [0.1, 0.15) is 5.56 Å². The summed E-state index contributed by atoms with van der Waals surface area (Å²) in [4.78, 5) is 19.0. The first kappa shape index (κ1) is 14.1. The number of hydrogen-bond donors (Lipinski definition) is 2. The number of aliphatic imine (C=N–C) groups is 1. The van der Waals surface area contributed by atoms with Crippen LogP contribution in [-0.2, 0) is 0 Å². The van der Waals surface area contributed by atoms with Gasteiger partial charge in [0, 0.05) is 11.8 Å². The zero-order valence-electron chi connectivity index (χ0n) is 11.5. The molecule has 5 nitrogen and oxygen atoms in total. The van der Waals surface area contributed by atoms with Crippen molar-refractivity contribution >= 4 is 24.1 Å². The van der Waals surface area contributed by atoms with Crippen molar-refractivity contribution < 1.29 is 0 Å². The highest BCUT2D eigenvalue weighted by molar-refractivity contribution is 7.71. The molecule has 0 spiro atoms. The lowest BCUT2D eigenvalue weighted by Crippen LogP contribution is -2.12. The van der Waals surface area contributed by atoms with Crippen LogP contribution < -0.4 is 5.56 Å². The van der Waals surface area contributed by atoms with E-state index in [1.807, 2.05) is 48.5 Å². The normalized spacial score (nSPS) is 10.9. The van der Waals surface area contributed by atoms with Gasteiger partial charge in [-0.3, -0.25) is 19.9 Å². The molecule has 0 saturated carbocycles. The zero-order valence-corrected chi connectivity index (χ0v) is 12.3. The maximum Gasteiger partial charge on any atom is 0.278 e. The van der Waals surface area contributed by atoms with Crippen LogP contribution in [0, 0.1) is 4.77 Å². The zero-order chi connectivity index (χ0) is 15.4. The molecule has 0 radical (unpaired) electrons. The van der Waals surface area contributed by atoms with Gasteiger partial charge in [0.1, 0.15) is 0 Å². The summed E-state index contributed by atoms with van der Waals surface area (Å²) in [6.07, 6.45) is 1.75. The summed E-state index contributed by atoms with van der Waals surface area (Å²) in [5.74, 6) is 0. The van der Waals surface area contributed by atoms with Crippen LogP contribution in [0.2, 0.25) is 0 Å². The minimum Gasteiger partial charge on any atom is -0.296 e. The van der Waals surface area contributed by atoms with E-state index in [9.17, 15) is 4.79 Å². The lowest BCUT2D eigenvalue weighted by molar-refractivity contribution is 0.932. The van der Waals surface area contributed by atoms with Crippen molar-refractivity contribution in [2.45, 2.75) is 0 Å². The number of aromatic nitrogens is 3. The van der Waals surface area contributed by atoms with Crippen LogP contribution in [0.5, 0.6) is 0 Å². The molecule has 1 heterocycles. The molecule has 3 aromatic rings. The molecule has 0 bridgehead atoms. The predicted molar refractivity (Wildman–Crippen MR) is 89.2 cm³/mol. The van der Waals surface area contributed by atoms with Gasteiger partial charge in [0.05, 0.1) is 5.69 Å². The Morgan fingerprint density at radius 2 is 1.77 bits per heavy atom. The predicted octanol–water partition coefficient (Wildman–Crippen LogP) is 3.25. The van der Waals surface area contributed by atoms with Crippen LogP contribution in [0.3, 0.4) is 0 Å². The average molecular weight is 308 g/mol. The third-order valence-corrected chi connectivity index (χ3v) is 3.22. The van der Waals surface area contributed by atoms with Gasteiger partial charge < -0.3 is 0 Å². The molecule has 0 unspecified atom stereocenters. The van der Waals surface area contributed by atoms with Crippen LogP contribution in [0.4, 0.5) is 5.69 Å². The molecule has 0 atom stereocenters. The molecule has 2 aromatic carbocycles. The van der Waals surface area contributed by atoms with Gasteiger partial charge in [-0.15, -0.1) is 0 Å². The standard InChI is InChI=1S/C16H12N4OS/c21-15-14(19-20-16(22)18-15)12-8-4-5-9-13(12)17-10-11-6-2-1-3-7-11/h1-10H,(H2,18,20,21,22). The lowest BCUT2D eigenvalue weighted by Gasteiger charge is -2.03. The van der Waals surface area contributed by atoms with Crippen molar-refractivity contribution in [1.82, 2.24) is 15.2 Å². The van der Waals surface area contributed by atoms with Gasteiger partial charge in [-0.1, -0.05) is 48.5 Å². The van der Waals surface area contributed by atoms with Crippen LogP contribution in [0.15, 0.2) is 64.4 Å². The summed E-state index contributed by atoms with van der Waals surface area (Å²) in [6.45, 7) is 0. The summed E-state index contributed by atoms with van der Waals surface area (Å²) in [5, 5.41) is 6.61. The van der Waals surface area contributed by atoms with E-state index in [1.165, 1.54) is 0 Å². The Kier molecular flexibility index (Phi) is 4.02. The van der Waals surface area contributed by atoms with E-state index in [1.54, 1.807) is 12.3 Å². The first-order valence-corrected chi connectivity index (χ1v) is 7.02. The fraction of sp³-hybridized carbons (Fsp3) is 0. The van der Waals surface area contributed by atoms with E-state index < -0.39 is 0 Å². The van der Waals surface area contributed by atoms with Crippen molar-refractivity contribution in [3.05, 3.63) is 75.3 Å². The number of nitrogens with zero attached hydrogens (tertiary/aromatic N) is 2. The summed E-state index contributed by atoms with van der Waals surface area (Å²) in [7, 11) is 0. The van der Waals surface area contributed by atoms with Crippen molar-refractivity contribution in [3.63, 3.8) is 0 Å². The molecule has 0 aliphatic rings. The van der Waals surface area contributed by atoms with Gasteiger partial charge in [0.25, 0.3) is 5.56 Å². The molecule has 2 N–H and O–H groups in total. The second-order valence-corrected chi connectivity index (χ2v) is 4.95. The maximum atomic E-state index is 12.0. The largest absolute Gasteiger partial charge is 0.296 e. The first-order valence-electron chi connectivity index (χ1n) is 6.61. The number of aromatic amines is 2. The first-order chi connectivity index (χ1) is 10.7. The SMILES string of the molecule is O=c1[nH]c(=S)[nH]nc1-c1ccccc1N=Cc1ccccc1. The Morgan fingerprint density at radius 3 is 2.55 bits per heavy atom. The molecule has 0 amide bonds. The smallest absolute Gasteiger partial charge is 0.278 e.